The van der Waals surface area contributed by atoms with Crippen molar-refractivity contribution in [3.8, 4) is 0 Å². The molecule has 0 aromatic heterocycles. The molecule has 2 aliphatic rings. The first-order valence-electron chi connectivity index (χ1n) is 8.62. The van der Waals surface area contributed by atoms with Gasteiger partial charge in [0.2, 0.25) is 5.91 Å². The maximum atomic E-state index is 13.3. The van der Waals surface area contributed by atoms with Gasteiger partial charge in [0, 0.05) is 13.1 Å². The maximum Gasteiger partial charge on any atom is 0.308 e. The van der Waals surface area contributed by atoms with Crippen LogP contribution >= 0.6 is 0 Å². The molecule has 1 heterocycles. The molecule has 1 aliphatic carbocycles. The molecule has 1 aromatic rings. The zero-order valence-electron chi connectivity index (χ0n) is 13.8. The van der Waals surface area contributed by atoms with Gasteiger partial charge >= 0.3 is 5.97 Å². The molecule has 2 fully saturated rings. The number of aliphatic carboxylic acids is 1. The molecule has 0 radical (unpaired) electrons. The molecular weight excluding hydrogens is 290 g/mol. The lowest BCUT2D eigenvalue weighted by Gasteiger charge is -2.38. The summed E-state index contributed by atoms with van der Waals surface area (Å²) in [6.45, 7) is 3.11. The summed E-state index contributed by atoms with van der Waals surface area (Å²) < 4.78 is 0. The van der Waals surface area contributed by atoms with Gasteiger partial charge < -0.3 is 10.0 Å². The van der Waals surface area contributed by atoms with E-state index in [4.69, 9.17) is 0 Å². The van der Waals surface area contributed by atoms with Gasteiger partial charge in [-0.05, 0) is 38.2 Å². The summed E-state index contributed by atoms with van der Waals surface area (Å²) in [6.07, 6.45) is 5.35. The van der Waals surface area contributed by atoms with E-state index in [0.29, 0.717) is 19.5 Å². The van der Waals surface area contributed by atoms with Crippen LogP contribution in [0, 0.1) is 12.8 Å². The number of benzene rings is 1. The van der Waals surface area contributed by atoms with E-state index in [0.717, 1.165) is 37.7 Å². The minimum Gasteiger partial charge on any atom is -0.481 e. The Morgan fingerprint density at radius 3 is 2.61 bits per heavy atom. The van der Waals surface area contributed by atoms with Crippen LogP contribution in [0.25, 0.3) is 0 Å². The molecule has 0 bridgehead atoms. The fourth-order valence-electron chi connectivity index (χ4n) is 4.21. The molecule has 0 unspecified atom stereocenters. The summed E-state index contributed by atoms with van der Waals surface area (Å²) in [7, 11) is 0. The Balaban J connectivity index is 1.89. The Kier molecular flexibility index (Phi) is 4.42. The molecule has 4 heteroatoms. The molecule has 4 nitrogen and oxygen atoms in total. The normalized spacial score (nSPS) is 23.7. The third-order valence-electron chi connectivity index (χ3n) is 5.49. The second kappa shape index (κ2) is 6.34. The van der Waals surface area contributed by atoms with Crippen molar-refractivity contribution in [1.29, 1.82) is 0 Å². The Morgan fingerprint density at radius 1 is 1.22 bits per heavy atom. The predicted octanol–water partition coefficient (Wildman–Crippen LogP) is 3.13. The Morgan fingerprint density at radius 2 is 1.96 bits per heavy atom. The van der Waals surface area contributed by atoms with Crippen LogP contribution in [0.5, 0.6) is 0 Å². The predicted molar refractivity (Wildman–Crippen MR) is 88.3 cm³/mol. The minimum atomic E-state index is -0.779. The molecule has 124 valence electrons. The van der Waals surface area contributed by atoms with Crippen molar-refractivity contribution in [2.24, 2.45) is 5.92 Å². The lowest BCUT2D eigenvalue weighted by atomic mass is 9.76. The SMILES string of the molecule is Cc1cccc(C2(C(=O)N3CCC[C@H](C(=O)O)C3)CCCC2)c1. The van der Waals surface area contributed by atoms with Crippen LogP contribution in [-0.2, 0) is 15.0 Å². The zero-order chi connectivity index (χ0) is 16.4. The lowest BCUT2D eigenvalue weighted by molar-refractivity contribution is -0.147. The fourth-order valence-corrected chi connectivity index (χ4v) is 4.21. The summed E-state index contributed by atoms with van der Waals surface area (Å²) in [5.74, 6) is -1.05. The van der Waals surface area contributed by atoms with Crippen LogP contribution in [0.15, 0.2) is 24.3 Å². The standard InChI is InChI=1S/C19H25NO3/c1-14-6-4-8-16(12-14)19(9-2-3-10-19)18(23)20-11-5-7-15(13-20)17(21)22/h4,6,8,12,15H,2-3,5,7,9-11,13H2,1H3,(H,21,22)/t15-/m0/s1. The number of rotatable bonds is 3. The molecule has 1 N–H and O–H groups in total. The fraction of sp³-hybridized carbons (Fsp3) is 0.579. The number of carbonyl (C=O) groups is 2. The van der Waals surface area contributed by atoms with Crippen molar-refractivity contribution in [1.82, 2.24) is 4.90 Å². The van der Waals surface area contributed by atoms with E-state index in [2.05, 4.69) is 25.1 Å². The van der Waals surface area contributed by atoms with Crippen LogP contribution in [-0.4, -0.2) is 35.0 Å². The zero-order valence-corrected chi connectivity index (χ0v) is 13.8. The van der Waals surface area contributed by atoms with Gasteiger partial charge in [0.05, 0.1) is 11.3 Å². The molecule has 23 heavy (non-hydrogen) atoms. The van der Waals surface area contributed by atoms with Gasteiger partial charge in [0.15, 0.2) is 0 Å². The van der Waals surface area contributed by atoms with E-state index >= 15 is 0 Å². The largest absolute Gasteiger partial charge is 0.481 e. The summed E-state index contributed by atoms with van der Waals surface area (Å²) in [4.78, 5) is 26.5. The van der Waals surface area contributed by atoms with Gasteiger partial charge in [0.25, 0.3) is 0 Å². The van der Waals surface area contributed by atoms with Gasteiger partial charge in [0.1, 0.15) is 0 Å². The molecule has 1 saturated heterocycles. The number of carboxylic acid groups (broad SMARTS) is 1. The second-order valence-corrected chi connectivity index (χ2v) is 7.09. The highest BCUT2D eigenvalue weighted by Crippen LogP contribution is 2.43. The van der Waals surface area contributed by atoms with Crippen LogP contribution in [0.1, 0.15) is 49.7 Å². The topological polar surface area (TPSA) is 57.6 Å². The van der Waals surface area contributed by atoms with Crippen LogP contribution in [0.2, 0.25) is 0 Å². The number of nitrogens with zero attached hydrogens (tertiary/aromatic N) is 1. The van der Waals surface area contributed by atoms with E-state index in [9.17, 15) is 14.7 Å². The first kappa shape index (κ1) is 16.0. The van der Waals surface area contributed by atoms with E-state index < -0.39 is 17.3 Å². The van der Waals surface area contributed by atoms with E-state index in [-0.39, 0.29) is 5.91 Å². The second-order valence-electron chi connectivity index (χ2n) is 7.09. The summed E-state index contributed by atoms with van der Waals surface area (Å²) in [6, 6.07) is 8.27. The number of aryl methyl sites for hydroxylation is 1. The highest BCUT2D eigenvalue weighted by Gasteiger charge is 2.46. The van der Waals surface area contributed by atoms with Crippen molar-refractivity contribution < 1.29 is 14.7 Å². The van der Waals surface area contributed by atoms with Crippen molar-refractivity contribution in [2.75, 3.05) is 13.1 Å². The summed E-state index contributed by atoms with van der Waals surface area (Å²) >= 11 is 0. The lowest BCUT2D eigenvalue weighted by Crippen LogP contribution is -2.50. The van der Waals surface area contributed by atoms with Crippen molar-refractivity contribution in [2.45, 2.75) is 50.9 Å². The third-order valence-corrected chi connectivity index (χ3v) is 5.49. The van der Waals surface area contributed by atoms with Gasteiger partial charge in [-0.15, -0.1) is 0 Å². The third kappa shape index (κ3) is 2.99. The average Bonchev–Trinajstić information content (AvgIpc) is 3.05. The van der Waals surface area contributed by atoms with Crippen LogP contribution < -0.4 is 0 Å². The number of amides is 1. The average molecular weight is 315 g/mol. The molecular formula is C19H25NO3. The molecule has 1 saturated carbocycles. The van der Waals surface area contributed by atoms with E-state index in [1.807, 2.05) is 11.0 Å². The number of likely N-dealkylation sites (tertiary alicyclic amines) is 1. The molecule has 1 atom stereocenters. The Hall–Kier alpha value is -1.84. The molecule has 0 spiro atoms. The van der Waals surface area contributed by atoms with Crippen LogP contribution in [0.3, 0.4) is 0 Å². The summed E-state index contributed by atoms with van der Waals surface area (Å²) in [5, 5.41) is 9.28. The maximum absolute atomic E-state index is 13.3. The molecule has 3 rings (SSSR count). The first-order valence-corrected chi connectivity index (χ1v) is 8.62. The Labute approximate surface area is 137 Å². The molecule has 1 aliphatic heterocycles. The number of carboxylic acids is 1. The van der Waals surface area contributed by atoms with Gasteiger partial charge in [-0.1, -0.05) is 42.7 Å². The number of hydrogen-bond donors (Lipinski definition) is 1. The number of hydrogen-bond acceptors (Lipinski definition) is 2. The van der Waals surface area contributed by atoms with Crippen molar-refractivity contribution in [3.05, 3.63) is 35.4 Å². The van der Waals surface area contributed by atoms with Crippen molar-refractivity contribution in [3.63, 3.8) is 0 Å². The van der Waals surface area contributed by atoms with Crippen LogP contribution in [0.4, 0.5) is 0 Å². The Bertz CT molecular complexity index is 604. The monoisotopic (exact) mass is 315 g/mol. The first-order chi connectivity index (χ1) is 11.0. The highest BCUT2D eigenvalue weighted by atomic mass is 16.4. The smallest absolute Gasteiger partial charge is 0.308 e. The molecule has 1 amide bonds. The van der Waals surface area contributed by atoms with Gasteiger partial charge in [-0.25, -0.2) is 0 Å². The highest BCUT2D eigenvalue weighted by molar-refractivity contribution is 5.89. The number of piperidine rings is 1. The van der Waals surface area contributed by atoms with Gasteiger partial charge in [-0.3, -0.25) is 9.59 Å². The van der Waals surface area contributed by atoms with E-state index in [1.165, 1.54) is 5.56 Å². The number of carbonyl (C=O) groups excluding carboxylic acids is 1. The van der Waals surface area contributed by atoms with Crippen molar-refractivity contribution >= 4 is 11.9 Å². The van der Waals surface area contributed by atoms with E-state index in [1.54, 1.807) is 0 Å². The molecule has 1 aromatic carbocycles. The summed E-state index contributed by atoms with van der Waals surface area (Å²) in [5.41, 5.74) is 1.84. The van der Waals surface area contributed by atoms with Gasteiger partial charge in [-0.2, -0.15) is 0 Å². The minimum absolute atomic E-state index is 0.145. The quantitative estimate of drug-likeness (QED) is 0.932.